The van der Waals surface area contributed by atoms with Crippen molar-refractivity contribution in [3.63, 3.8) is 0 Å². The number of nitrogens with one attached hydrogen (secondary N) is 2. The van der Waals surface area contributed by atoms with Gasteiger partial charge in [-0.1, -0.05) is 78.9 Å². The van der Waals surface area contributed by atoms with Crippen molar-refractivity contribution in [1.82, 2.24) is 10.6 Å². The average molecular weight is 416 g/mol. The molecule has 6 nitrogen and oxygen atoms in total. The van der Waals surface area contributed by atoms with E-state index in [2.05, 4.69) is 10.6 Å². The van der Waals surface area contributed by atoms with Gasteiger partial charge in [0.1, 0.15) is 6.04 Å². The summed E-state index contributed by atoms with van der Waals surface area (Å²) >= 11 is 0. The van der Waals surface area contributed by atoms with Crippen molar-refractivity contribution >= 4 is 18.9 Å². The Kier molecular flexibility index (Phi) is 7.98. The predicted octanol–water partition coefficient (Wildman–Crippen LogP) is 2.36. The van der Waals surface area contributed by atoms with Gasteiger partial charge in [-0.25, -0.2) is 0 Å². The molecule has 0 aliphatic rings. The summed E-state index contributed by atoms with van der Waals surface area (Å²) in [6, 6.07) is 25.8. The van der Waals surface area contributed by atoms with Crippen LogP contribution in [0.25, 0.3) is 0 Å². The lowest BCUT2D eigenvalue weighted by Crippen LogP contribution is -2.49. The first-order valence-corrected chi connectivity index (χ1v) is 10.1. The second-order valence-corrected chi connectivity index (χ2v) is 7.27. The molecule has 0 aliphatic carbocycles. The summed E-state index contributed by atoms with van der Waals surface area (Å²) in [4.78, 5) is 25.9. The predicted molar refractivity (Wildman–Crippen MR) is 120 cm³/mol. The van der Waals surface area contributed by atoms with Crippen molar-refractivity contribution in [3.8, 4) is 0 Å². The summed E-state index contributed by atoms with van der Waals surface area (Å²) in [5, 5.41) is 24.7. The highest BCUT2D eigenvalue weighted by atomic mass is 16.4. The zero-order valence-electron chi connectivity index (χ0n) is 17.0. The van der Waals surface area contributed by atoms with Crippen molar-refractivity contribution in [2.24, 2.45) is 0 Å². The molecule has 0 aliphatic heterocycles. The molecule has 3 rings (SSSR count). The molecule has 158 valence electrons. The van der Waals surface area contributed by atoms with E-state index in [1.165, 1.54) is 0 Å². The van der Waals surface area contributed by atoms with Crippen LogP contribution in [-0.4, -0.2) is 35.0 Å². The van der Waals surface area contributed by atoms with E-state index in [1.807, 2.05) is 66.7 Å². The van der Waals surface area contributed by atoms with E-state index in [0.717, 1.165) is 11.1 Å². The molecule has 0 heterocycles. The van der Waals surface area contributed by atoms with E-state index in [4.69, 9.17) is 0 Å². The Hall–Kier alpha value is -3.42. The second-order valence-electron chi connectivity index (χ2n) is 7.27. The first kappa shape index (κ1) is 22.3. The Morgan fingerprint density at radius 2 is 1.32 bits per heavy atom. The number of carbonyl (C=O) groups excluding carboxylic acids is 2. The molecule has 2 amide bonds. The Morgan fingerprint density at radius 3 is 1.90 bits per heavy atom. The van der Waals surface area contributed by atoms with Gasteiger partial charge in [-0.15, -0.1) is 0 Å². The van der Waals surface area contributed by atoms with Crippen LogP contribution in [0.4, 0.5) is 0 Å². The number of benzene rings is 3. The molecule has 3 aromatic carbocycles. The molecular formula is C24H25BN2O4. The van der Waals surface area contributed by atoms with Gasteiger partial charge in [0.25, 0.3) is 5.91 Å². The largest absolute Gasteiger partial charge is 0.453 e. The van der Waals surface area contributed by atoms with Crippen LogP contribution in [-0.2, 0) is 11.2 Å². The van der Waals surface area contributed by atoms with Crippen molar-refractivity contribution < 1.29 is 19.6 Å². The van der Waals surface area contributed by atoms with E-state index < -0.39 is 25.1 Å². The summed E-state index contributed by atoms with van der Waals surface area (Å²) < 4.78 is 0. The van der Waals surface area contributed by atoms with Gasteiger partial charge in [0.05, 0.1) is 6.04 Å². The Labute approximate surface area is 182 Å². The monoisotopic (exact) mass is 416 g/mol. The van der Waals surface area contributed by atoms with Crippen molar-refractivity contribution in [3.05, 3.63) is 108 Å². The molecule has 0 bridgehead atoms. The lowest BCUT2D eigenvalue weighted by Gasteiger charge is -2.24. The first-order valence-electron chi connectivity index (χ1n) is 10.1. The quantitative estimate of drug-likeness (QED) is 0.403. The van der Waals surface area contributed by atoms with Crippen LogP contribution >= 0.6 is 0 Å². The first-order chi connectivity index (χ1) is 15.0. The van der Waals surface area contributed by atoms with Crippen LogP contribution < -0.4 is 10.6 Å². The molecular weight excluding hydrogens is 391 g/mol. The van der Waals surface area contributed by atoms with E-state index in [1.54, 1.807) is 24.3 Å². The van der Waals surface area contributed by atoms with E-state index >= 15 is 0 Å². The fourth-order valence-corrected chi connectivity index (χ4v) is 3.34. The van der Waals surface area contributed by atoms with Crippen molar-refractivity contribution in [2.45, 2.75) is 24.8 Å². The summed E-state index contributed by atoms with van der Waals surface area (Å²) in [7, 11) is -1.59. The number of amides is 2. The van der Waals surface area contributed by atoms with Crippen LogP contribution in [0.1, 0.15) is 27.5 Å². The van der Waals surface area contributed by atoms with Crippen LogP contribution in [0, 0.1) is 0 Å². The Morgan fingerprint density at radius 1 is 0.774 bits per heavy atom. The number of carbonyl (C=O) groups is 2. The van der Waals surface area contributed by atoms with Gasteiger partial charge in [-0.2, -0.15) is 0 Å². The molecule has 0 fully saturated rings. The molecule has 2 atom stereocenters. The number of rotatable bonds is 9. The Bertz CT molecular complexity index is 969. The molecule has 0 aromatic heterocycles. The minimum Gasteiger partial charge on any atom is -0.427 e. The lowest BCUT2D eigenvalue weighted by atomic mass is 9.79. The smallest absolute Gasteiger partial charge is 0.427 e. The van der Waals surface area contributed by atoms with Gasteiger partial charge < -0.3 is 20.7 Å². The highest BCUT2D eigenvalue weighted by Gasteiger charge is 2.27. The molecule has 0 saturated carbocycles. The summed E-state index contributed by atoms with van der Waals surface area (Å²) in [5.41, 5.74) is 2.10. The third-order valence-corrected chi connectivity index (χ3v) is 4.91. The normalized spacial score (nSPS) is 12.5. The summed E-state index contributed by atoms with van der Waals surface area (Å²) in [5.74, 6) is -0.752. The van der Waals surface area contributed by atoms with Crippen molar-refractivity contribution in [2.75, 3.05) is 0 Å². The van der Waals surface area contributed by atoms with Gasteiger partial charge in [-0.3, -0.25) is 9.59 Å². The van der Waals surface area contributed by atoms with Gasteiger partial charge in [-0.05, 0) is 23.3 Å². The number of hydrogen-bond donors (Lipinski definition) is 4. The van der Waals surface area contributed by atoms with Gasteiger partial charge in [0.2, 0.25) is 5.91 Å². The van der Waals surface area contributed by atoms with E-state index in [0.29, 0.717) is 12.0 Å². The van der Waals surface area contributed by atoms with Crippen LogP contribution in [0.15, 0.2) is 91.0 Å². The zero-order chi connectivity index (χ0) is 22.1. The Balaban J connectivity index is 1.80. The van der Waals surface area contributed by atoms with Gasteiger partial charge in [0.15, 0.2) is 0 Å². The maximum atomic E-state index is 13.2. The molecule has 3 aromatic rings. The maximum Gasteiger partial charge on any atom is 0.453 e. The SMILES string of the molecule is O=C(N[C@@H](Cc1ccccc1)C(=O)N[C@H](CB(O)O)c1ccccc1)c1ccccc1. The summed E-state index contributed by atoms with van der Waals surface area (Å²) in [6.45, 7) is 0. The minimum absolute atomic E-state index is 0.0690. The lowest BCUT2D eigenvalue weighted by molar-refractivity contribution is -0.123. The van der Waals surface area contributed by atoms with E-state index in [9.17, 15) is 19.6 Å². The van der Waals surface area contributed by atoms with Gasteiger partial charge in [0, 0.05) is 18.3 Å². The van der Waals surface area contributed by atoms with Crippen LogP contribution in [0.2, 0.25) is 6.32 Å². The molecule has 31 heavy (non-hydrogen) atoms. The third kappa shape index (κ3) is 6.81. The molecule has 0 unspecified atom stereocenters. The van der Waals surface area contributed by atoms with Crippen molar-refractivity contribution in [1.29, 1.82) is 0 Å². The molecule has 0 radical (unpaired) electrons. The topological polar surface area (TPSA) is 98.7 Å². The number of hydrogen-bond acceptors (Lipinski definition) is 4. The highest BCUT2D eigenvalue weighted by molar-refractivity contribution is 6.41. The average Bonchev–Trinajstić information content (AvgIpc) is 2.79. The van der Waals surface area contributed by atoms with E-state index in [-0.39, 0.29) is 12.2 Å². The fourth-order valence-electron chi connectivity index (χ4n) is 3.34. The second kappa shape index (κ2) is 11.1. The standard InChI is InChI=1S/C24H25BN2O4/c28-23(20-14-8-3-9-15-20)26-21(16-18-10-4-1-5-11-18)24(29)27-22(17-25(30)31)19-12-6-2-7-13-19/h1-15,21-22,30-31H,16-17H2,(H,26,28)(H,27,29)/t21-,22+/m0/s1. The fraction of sp³-hybridized carbons (Fsp3) is 0.167. The molecule has 7 heteroatoms. The van der Waals surface area contributed by atoms with Crippen LogP contribution in [0.5, 0.6) is 0 Å². The highest BCUT2D eigenvalue weighted by Crippen LogP contribution is 2.18. The molecule has 4 N–H and O–H groups in total. The molecule has 0 saturated heterocycles. The maximum absolute atomic E-state index is 13.2. The van der Waals surface area contributed by atoms with Gasteiger partial charge >= 0.3 is 7.12 Å². The third-order valence-electron chi connectivity index (χ3n) is 4.91. The minimum atomic E-state index is -1.59. The van der Waals surface area contributed by atoms with Crippen LogP contribution in [0.3, 0.4) is 0 Å². The summed E-state index contributed by atoms with van der Waals surface area (Å²) in [6.07, 6.45) is 0.231. The zero-order valence-corrected chi connectivity index (χ0v) is 17.0. The molecule has 0 spiro atoms.